The van der Waals surface area contributed by atoms with Gasteiger partial charge in [-0.1, -0.05) is 35.7 Å². The smallest absolute Gasteiger partial charge is 0.293 e. The third kappa shape index (κ3) is 4.09. The van der Waals surface area contributed by atoms with Gasteiger partial charge in [0, 0.05) is 11.0 Å². The van der Waals surface area contributed by atoms with Crippen molar-refractivity contribution in [2.75, 3.05) is 13.7 Å². The van der Waals surface area contributed by atoms with Gasteiger partial charge in [0.2, 0.25) is 0 Å². The Morgan fingerprint density at radius 1 is 1.35 bits per heavy atom. The lowest BCUT2D eigenvalue weighted by Gasteiger charge is -2.11. The van der Waals surface area contributed by atoms with Crippen molar-refractivity contribution in [1.29, 1.82) is 0 Å². The van der Waals surface area contributed by atoms with E-state index in [9.17, 15) is 14.7 Å². The van der Waals surface area contributed by atoms with Crippen LogP contribution in [0.2, 0.25) is 0 Å². The molecule has 2 amide bonds. The fourth-order valence-electron chi connectivity index (χ4n) is 2.19. The molecule has 1 saturated heterocycles. The van der Waals surface area contributed by atoms with Crippen LogP contribution in [-0.4, -0.2) is 34.8 Å². The number of carbonyl (C=O) groups excluding carboxylic acids is 2. The van der Waals surface area contributed by atoms with Gasteiger partial charge in [-0.25, -0.2) is 0 Å². The molecule has 0 aromatic heterocycles. The highest BCUT2D eigenvalue weighted by molar-refractivity contribution is 9.10. The molecule has 2 rings (SSSR count). The number of rotatable bonds is 6. The number of aromatic hydroxyl groups is 1. The largest absolute Gasteiger partial charge is 0.504 e. The third-order valence-electron chi connectivity index (χ3n) is 3.44. The van der Waals surface area contributed by atoms with E-state index in [4.69, 9.17) is 4.74 Å². The molecule has 0 unspecified atom stereocenters. The average molecular weight is 400 g/mol. The summed E-state index contributed by atoms with van der Waals surface area (Å²) >= 11 is 4.28. The Hall–Kier alpha value is -1.47. The second-order valence-electron chi connectivity index (χ2n) is 5.09. The van der Waals surface area contributed by atoms with Crippen molar-refractivity contribution in [3.63, 3.8) is 0 Å². The maximum atomic E-state index is 12.4. The lowest BCUT2D eigenvalue weighted by atomic mass is 10.2. The van der Waals surface area contributed by atoms with Crippen LogP contribution in [0.25, 0.3) is 6.08 Å². The highest BCUT2D eigenvalue weighted by atomic mass is 79.9. The molecule has 1 aromatic carbocycles. The van der Waals surface area contributed by atoms with E-state index in [1.54, 1.807) is 12.1 Å². The van der Waals surface area contributed by atoms with Gasteiger partial charge >= 0.3 is 0 Å². The number of halogens is 1. The van der Waals surface area contributed by atoms with Crippen LogP contribution in [0.3, 0.4) is 0 Å². The summed E-state index contributed by atoms with van der Waals surface area (Å²) in [5.41, 5.74) is 0.665. The number of hydrogen-bond donors (Lipinski definition) is 1. The number of unbranched alkanes of at least 4 members (excludes halogenated alkanes) is 2. The summed E-state index contributed by atoms with van der Waals surface area (Å²) in [5.74, 6) is 0.0425. The van der Waals surface area contributed by atoms with Crippen LogP contribution in [0.5, 0.6) is 11.5 Å². The zero-order valence-electron chi connectivity index (χ0n) is 13.0. The molecule has 1 aliphatic rings. The zero-order valence-corrected chi connectivity index (χ0v) is 15.4. The fraction of sp³-hybridized carbons (Fsp3) is 0.375. The van der Waals surface area contributed by atoms with Crippen molar-refractivity contribution < 1.29 is 19.4 Å². The highest BCUT2D eigenvalue weighted by Crippen LogP contribution is 2.37. The Bertz CT molecular complexity index is 660. The molecule has 0 bridgehead atoms. The van der Waals surface area contributed by atoms with Crippen molar-refractivity contribution >= 4 is 44.9 Å². The van der Waals surface area contributed by atoms with E-state index >= 15 is 0 Å². The van der Waals surface area contributed by atoms with E-state index in [0.29, 0.717) is 27.2 Å². The van der Waals surface area contributed by atoms with E-state index in [1.807, 2.05) is 0 Å². The summed E-state index contributed by atoms with van der Waals surface area (Å²) in [7, 11) is 1.45. The summed E-state index contributed by atoms with van der Waals surface area (Å²) < 4.78 is 5.69. The molecule has 1 heterocycles. The van der Waals surface area contributed by atoms with Gasteiger partial charge < -0.3 is 9.84 Å². The van der Waals surface area contributed by atoms with Crippen molar-refractivity contribution in [3.05, 3.63) is 27.1 Å². The SMILES string of the molecule is CCCCCN1C(=O)S/C(=C\c2cc(OC)c(O)cc2Br)C1=O. The molecule has 1 aromatic rings. The van der Waals surface area contributed by atoms with Crippen molar-refractivity contribution in [3.8, 4) is 11.5 Å². The van der Waals surface area contributed by atoms with Gasteiger partial charge in [-0.05, 0) is 42.0 Å². The molecule has 0 aliphatic carbocycles. The Balaban J connectivity index is 2.24. The van der Waals surface area contributed by atoms with Gasteiger partial charge in [-0.15, -0.1) is 0 Å². The van der Waals surface area contributed by atoms with Crippen LogP contribution in [0, 0.1) is 0 Å². The normalized spacial score (nSPS) is 16.5. The average Bonchev–Trinajstić information content (AvgIpc) is 2.77. The van der Waals surface area contributed by atoms with Crippen LogP contribution < -0.4 is 4.74 Å². The van der Waals surface area contributed by atoms with Crippen LogP contribution in [0.1, 0.15) is 31.7 Å². The lowest BCUT2D eigenvalue weighted by molar-refractivity contribution is -0.122. The molecular formula is C16H18BrNO4S. The van der Waals surface area contributed by atoms with Gasteiger partial charge in [0.05, 0.1) is 12.0 Å². The van der Waals surface area contributed by atoms with E-state index in [1.165, 1.54) is 18.1 Å². The summed E-state index contributed by atoms with van der Waals surface area (Å²) in [6, 6.07) is 3.11. The highest BCUT2D eigenvalue weighted by Gasteiger charge is 2.34. The molecule has 23 heavy (non-hydrogen) atoms. The number of thioether (sulfide) groups is 1. The van der Waals surface area contributed by atoms with E-state index in [0.717, 1.165) is 31.0 Å². The molecule has 0 atom stereocenters. The lowest BCUT2D eigenvalue weighted by Crippen LogP contribution is -2.29. The number of amides is 2. The van der Waals surface area contributed by atoms with Gasteiger partial charge in [0.1, 0.15) is 0 Å². The Kier molecular flexibility index (Phi) is 6.12. The topological polar surface area (TPSA) is 66.8 Å². The molecule has 7 heteroatoms. The molecule has 1 fully saturated rings. The molecule has 0 spiro atoms. The number of hydrogen-bond acceptors (Lipinski definition) is 5. The van der Waals surface area contributed by atoms with Crippen LogP contribution in [0.15, 0.2) is 21.5 Å². The molecule has 0 radical (unpaired) electrons. The van der Waals surface area contributed by atoms with Gasteiger partial charge in [0.15, 0.2) is 11.5 Å². The minimum absolute atomic E-state index is 0.00388. The van der Waals surface area contributed by atoms with Crippen molar-refractivity contribution in [2.45, 2.75) is 26.2 Å². The minimum Gasteiger partial charge on any atom is -0.504 e. The number of benzene rings is 1. The van der Waals surface area contributed by atoms with Crippen molar-refractivity contribution in [2.24, 2.45) is 0 Å². The first-order chi connectivity index (χ1) is 11.0. The summed E-state index contributed by atoms with van der Waals surface area (Å²) in [6.45, 7) is 2.53. The van der Waals surface area contributed by atoms with Gasteiger partial charge in [0.25, 0.3) is 11.1 Å². The first kappa shape index (κ1) is 17.9. The monoisotopic (exact) mass is 399 g/mol. The molecule has 1 N–H and O–H groups in total. The number of nitrogens with zero attached hydrogens (tertiary/aromatic N) is 1. The minimum atomic E-state index is -0.268. The first-order valence-corrected chi connectivity index (χ1v) is 8.90. The number of ether oxygens (including phenoxy) is 1. The second kappa shape index (κ2) is 7.88. The Morgan fingerprint density at radius 2 is 2.09 bits per heavy atom. The molecular weight excluding hydrogens is 382 g/mol. The Labute approximate surface area is 147 Å². The van der Waals surface area contributed by atoms with Gasteiger partial charge in [-0.2, -0.15) is 0 Å². The quantitative estimate of drug-likeness (QED) is 0.567. The number of imide groups is 1. The fourth-order valence-corrected chi connectivity index (χ4v) is 3.49. The zero-order chi connectivity index (χ0) is 17.0. The first-order valence-electron chi connectivity index (χ1n) is 7.29. The Morgan fingerprint density at radius 3 is 2.74 bits per heavy atom. The third-order valence-corrected chi connectivity index (χ3v) is 5.04. The predicted molar refractivity (Wildman–Crippen MR) is 94.6 cm³/mol. The summed E-state index contributed by atoms with van der Waals surface area (Å²) in [5, 5.41) is 9.49. The summed E-state index contributed by atoms with van der Waals surface area (Å²) in [4.78, 5) is 26.0. The standard InChI is InChI=1S/C16H18BrNO4S/c1-3-4-5-6-18-15(20)14(23-16(18)21)8-10-7-13(22-2)12(19)9-11(10)17/h7-9,19H,3-6H2,1-2H3/b14-8-. The maximum absolute atomic E-state index is 12.4. The predicted octanol–water partition coefficient (Wildman–Crippen LogP) is 4.39. The van der Waals surface area contributed by atoms with E-state index in [2.05, 4.69) is 22.9 Å². The van der Waals surface area contributed by atoms with E-state index < -0.39 is 0 Å². The number of carbonyl (C=O) groups is 2. The van der Waals surface area contributed by atoms with Crippen LogP contribution in [-0.2, 0) is 4.79 Å². The van der Waals surface area contributed by atoms with Gasteiger partial charge in [-0.3, -0.25) is 14.5 Å². The number of phenols is 1. The molecule has 0 saturated carbocycles. The second-order valence-corrected chi connectivity index (χ2v) is 6.93. The maximum Gasteiger partial charge on any atom is 0.293 e. The van der Waals surface area contributed by atoms with Crippen molar-refractivity contribution in [1.82, 2.24) is 4.90 Å². The number of methoxy groups -OCH3 is 1. The van der Waals surface area contributed by atoms with Crippen LogP contribution >= 0.6 is 27.7 Å². The molecule has 1 aliphatic heterocycles. The number of phenolic OH excluding ortho intramolecular Hbond substituents is 1. The molecule has 5 nitrogen and oxygen atoms in total. The summed E-state index contributed by atoms with van der Waals surface area (Å²) in [6.07, 6.45) is 4.48. The van der Waals surface area contributed by atoms with Crippen LogP contribution in [0.4, 0.5) is 4.79 Å². The van der Waals surface area contributed by atoms with E-state index in [-0.39, 0.29) is 16.9 Å². The molecule has 124 valence electrons.